The first-order chi connectivity index (χ1) is 41.0. The van der Waals surface area contributed by atoms with E-state index in [2.05, 4.69) is 38.5 Å². The van der Waals surface area contributed by atoms with Crippen LogP contribution in [0.2, 0.25) is 0 Å². The Labute approximate surface area is 508 Å². The first kappa shape index (κ1) is 75.3. The van der Waals surface area contributed by atoms with Crippen LogP contribution in [0, 0.1) is 29.6 Å². The van der Waals surface area contributed by atoms with Gasteiger partial charge in [-0.15, -0.1) is 0 Å². The van der Waals surface area contributed by atoms with Crippen LogP contribution in [0.4, 0.5) is 0 Å². The Morgan fingerprint density at radius 3 is 1.84 bits per heavy atom. The Hall–Kier alpha value is -8.81. The molecule has 3 unspecified atom stereocenters. The van der Waals surface area contributed by atoms with Crippen LogP contribution < -0.4 is 58.9 Å². The van der Waals surface area contributed by atoms with Crippen LogP contribution in [0.3, 0.4) is 0 Å². The molecule has 2 aliphatic rings. The van der Waals surface area contributed by atoms with E-state index in [4.69, 9.17) is 5.73 Å². The van der Waals surface area contributed by atoms with E-state index in [0.29, 0.717) is 12.3 Å². The Balaban J connectivity index is 2.97. The number of unbranched alkanes of at least 4 members (excludes halogenated alkanes) is 1. The topological polar surface area (TPSA) is 507 Å². The summed E-state index contributed by atoms with van der Waals surface area (Å²) in [6.07, 6.45) is 3.02. The summed E-state index contributed by atoms with van der Waals surface area (Å²) in [4.78, 5) is 205. The first-order valence-electron chi connectivity index (χ1n) is 28.7. The van der Waals surface area contributed by atoms with Crippen molar-refractivity contribution < 1.29 is 97.5 Å². The van der Waals surface area contributed by atoms with Gasteiger partial charge in [0.2, 0.25) is 65.0 Å². The number of allylic oxidation sites excluding steroid dienone is 3. The summed E-state index contributed by atoms with van der Waals surface area (Å²) in [5.74, 6) is -24.4. The third-order valence-corrected chi connectivity index (χ3v) is 14.3. The number of aliphatic hydroxyl groups is 1. The van der Waals surface area contributed by atoms with E-state index in [0.717, 1.165) is 24.3 Å². The number of hydrogen-bond donors (Lipinski definition) is 16. The highest BCUT2D eigenvalue weighted by atomic mass is 16.4. The first-order valence-corrected chi connectivity index (χ1v) is 28.7. The third-order valence-electron chi connectivity index (χ3n) is 14.3. The number of nitrogens with zero attached hydrogens (tertiary/aromatic N) is 1. The highest BCUT2D eigenvalue weighted by Crippen LogP contribution is 2.26. The molecule has 17 N–H and O–H groups in total. The summed E-state index contributed by atoms with van der Waals surface area (Å²) in [5.41, 5.74) is 4.72. The summed E-state index contributed by atoms with van der Waals surface area (Å²) < 4.78 is 0. The predicted molar refractivity (Wildman–Crippen MR) is 310 cm³/mol. The second kappa shape index (κ2) is 35.7. The predicted octanol–water partition coefficient (Wildman–Crippen LogP) is -3.99. The molecule has 2 heterocycles. The molecule has 0 aliphatic carbocycles. The molecule has 0 saturated carbocycles. The molecular weight excluding hydrogens is 1160 g/mol. The number of carbonyl (C=O) groups is 15. The number of carbonyl (C=O) groups excluding carboxylic acids is 11. The Morgan fingerprint density at radius 1 is 0.693 bits per heavy atom. The largest absolute Gasteiger partial charge is 0.481 e. The second-order valence-electron chi connectivity index (χ2n) is 22.8. The number of nitrogens with two attached hydrogens (primary N) is 1. The number of hydrogen-bond acceptors (Lipinski definition) is 17. The minimum Gasteiger partial charge on any atom is -0.481 e. The molecule has 32 heteroatoms. The zero-order valence-electron chi connectivity index (χ0n) is 50.7. The normalized spacial score (nSPS) is 25.5. The van der Waals surface area contributed by atoms with Gasteiger partial charge in [-0.3, -0.25) is 62.3 Å². The molecule has 2 fully saturated rings. The highest BCUT2D eigenvalue weighted by Gasteiger charge is 2.45. The molecule has 2 aliphatic heterocycles. The quantitative estimate of drug-likeness (QED) is 0.0279. The molecule has 0 aromatic rings. The molecule has 0 radical (unpaired) electrons. The van der Waals surface area contributed by atoms with E-state index < -0.39 is 198 Å². The lowest BCUT2D eigenvalue weighted by atomic mass is 9.98. The van der Waals surface area contributed by atoms with Gasteiger partial charge in [-0.2, -0.15) is 0 Å². The Kier molecular flexibility index (Phi) is 30.6. The van der Waals surface area contributed by atoms with Gasteiger partial charge in [0.25, 0.3) is 0 Å². The molecule has 0 aromatic carbocycles. The van der Waals surface area contributed by atoms with Gasteiger partial charge in [-0.05, 0) is 82.6 Å². The van der Waals surface area contributed by atoms with Crippen molar-refractivity contribution in [2.75, 3.05) is 19.6 Å². The van der Waals surface area contributed by atoms with Gasteiger partial charge in [0.1, 0.15) is 54.4 Å². The smallest absolute Gasteiger partial charge is 0.335 e. The average Bonchev–Trinajstić information content (AvgIpc) is 1.72. The zero-order chi connectivity index (χ0) is 67.0. The number of fused-ring (bicyclic) bond motifs is 1. The summed E-state index contributed by atoms with van der Waals surface area (Å²) in [6, 6.07) is -18.9. The fourth-order valence-electron chi connectivity index (χ4n) is 9.11. The van der Waals surface area contributed by atoms with Crippen molar-refractivity contribution in [2.24, 2.45) is 35.3 Å². The lowest BCUT2D eigenvalue weighted by Crippen LogP contribution is -2.65. The van der Waals surface area contributed by atoms with Crippen LogP contribution in [-0.4, -0.2) is 205 Å². The maximum absolute atomic E-state index is 14.8. The third kappa shape index (κ3) is 23.5. The Bertz CT molecular complexity index is 2680. The summed E-state index contributed by atoms with van der Waals surface area (Å²) >= 11 is 0. The van der Waals surface area contributed by atoms with Crippen LogP contribution in [0.25, 0.3) is 0 Å². The van der Waals surface area contributed by atoms with E-state index >= 15 is 0 Å². The monoisotopic (exact) mass is 1250 g/mol. The SMILES string of the molecule is C=C(C(=O)O)[C@H]1NC(=O)CNC(=O)[C@H](CC(=O)O)NC(=O)[C@H](C(O)C(=O)O)NC(=O)[C@H](CCCCN)NC(=O)[C@@H](C(C)C)NC(=O)[C@@H](NC(=O)[C@@H](NC(=O)/C=C/C=C\CCC(C)C)C(C)C(=O)O)C(C)NC(=O)[C@@H]2C[C@@H](C)CN2C(=O)[C@H](C(C)C)NC1=O. The van der Waals surface area contributed by atoms with Crippen molar-refractivity contribution in [1.82, 2.24) is 58.1 Å². The van der Waals surface area contributed by atoms with E-state index in [1.54, 1.807) is 19.1 Å². The zero-order valence-corrected chi connectivity index (χ0v) is 50.7. The fraction of sp³-hybridized carbons (Fsp3) is 0.625. The van der Waals surface area contributed by atoms with Crippen LogP contribution in [0.15, 0.2) is 36.5 Å². The van der Waals surface area contributed by atoms with Gasteiger partial charge in [0.15, 0.2) is 6.10 Å². The number of aliphatic hydroxyl groups excluding tert-OH is 1. The number of carboxylic acid groups (broad SMARTS) is 4. The van der Waals surface area contributed by atoms with E-state index in [1.807, 2.05) is 35.1 Å². The van der Waals surface area contributed by atoms with Crippen LogP contribution >= 0.6 is 0 Å². The van der Waals surface area contributed by atoms with E-state index in [1.165, 1.54) is 40.7 Å². The number of carboxylic acids is 4. The van der Waals surface area contributed by atoms with Crippen molar-refractivity contribution in [2.45, 2.75) is 174 Å². The minimum absolute atomic E-state index is 0.0419. The Morgan fingerprint density at radius 2 is 1.28 bits per heavy atom. The number of aliphatic carboxylic acids is 4. The number of nitrogens with one attached hydrogen (secondary N) is 10. The van der Waals surface area contributed by atoms with E-state index in [-0.39, 0.29) is 38.8 Å². The molecule has 2 rings (SSSR count). The lowest BCUT2D eigenvalue weighted by Gasteiger charge is -2.34. The number of amides is 11. The fourth-order valence-corrected chi connectivity index (χ4v) is 9.11. The van der Waals surface area contributed by atoms with Gasteiger partial charge < -0.3 is 89.3 Å². The average molecular weight is 1250 g/mol. The maximum atomic E-state index is 14.8. The molecule has 0 aromatic heterocycles. The molecule has 88 heavy (non-hydrogen) atoms. The standard InChI is InChI=1S/C56H86N12O20/c1-25(2)17-13-11-12-14-19-35(69)62-40(29(8)54(83)84)50(79)66-42-31(10)59-47(76)34-21-28(7)24-68(34)53(82)39(27(5)6)65-49(78)41(30(9)55(85)86)63-36(70)23-58-45(74)33(22-37(71)72)61-52(81)43(44(73)56(87)88)67-46(75)32(18-15-16-20-57)60-48(77)38(26(3)4)64-51(42)80/h11-12,14,19,25-29,31-34,38-44,73H,9,13,15-18,20-24,57H2,1-8,10H3,(H,58,74)(H,59,76)(H,60,77)(H,61,81)(H,62,69)(H,63,70)(H,64,80)(H,65,78)(H,66,79)(H,67,75)(H,71,72)(H,83,84)(H,85,86)(H,87,88)/b12-11-,19-14+/t28-,29?,31?,32+,33+,34+,38-,39+,40+,41-,42+,43+,44?/m1/s1. The molecule has 11 amide bonds. The molecule has 2 saturated heterocycles. The molecule has 0 spiro atoms. The van der Waals surface area contributed by atoms with Crippen molar-refractivity contribution in [3.05, 3.63) is 36.5 Å². The molecular formula is C56H86N12O20. The molecule has 13 atom stereocenters. The van der Waals surface area contributed by atoms with Crippen LogP contribution in [0.5, 0.6) is 0 Å². The molecule has 0 bridgehead atoms. The van der Waals surface area contributed by atoms with Gasteiger partial charge in [0.05, 0.1) is 30.5 Å². The summed E-state index contributed by atoms with van der Waals surface area (Å²) in [5, 5.41) is 72.7. The number of rotatable bonds is 22. The highest BCUT2D eigenvalue weighted by molar-refractivity contribution is 6.04. The molecule has 32 nitrogen and oxygen atoms in total. The minimum atomic E-state index is -2.85. The van der Waals surface area contributed by atoms with Crippen LogP contribution in [-0.2, 0) is 71.9 Å². The summed E-state index contributed by atoms with van der Waals surface area (Å²) in [6.45, 7) is 16.0. The van der Waals surface area contributed by atoms with Gasteiger partial charge >= 0.3 is 23.9 Å². The van der Waals surface area contributed by atoms with Crippen molar-refractivity contribution >= 4 is 88.9 Å². The van der Waals surface area contributed by atoms with Crippen molar-refractivity contribution in [1.29, 1.82) is 0 Å². The lowest BCUT2D eigenvalue weighted by molar-refractivity contribution is -0.153. The van der Waals surface area contributed by atoms with Crippen molar-refractivity contribution in [3.8, 4) is 0 Å². The molecule has 490 valence electrons. The summed E-state index contributed by atoms with van der Waals surface area (Å²) in [7, 11) is 0. The second-order valence-corrected chi connectivity index (χ2v) is 22.8. The maximum Gasteiger partial charge on any atom is 0.335 e. The van der Waals surface area contributed by atoms with Gasteiger partial charge in [-0.1, -0.05) is 73.3 Å². The van der Waals surface area contributed by atoms with Crippen molar-refractivity contribution in [3.63, 3.8) is 0 Å². The van der Waals surface area contributed by atoms with E-state index in [9.17, 15) is 97.5 Å². The van der Waals surface area contributed by atoms with Gasteiger partial charge in [0, 0.05) is 12.6 Å². The van der Waals surface area contributed by atoms with Gasteiger partial charge in [-0.25, -0.2) is 9.59 Å². The van der Waals surface area contributed by atoms with Crippen LogP contribution in [0.1, 0.15) is 107 Å².